The smallest absolute Gasteiger partial charge is 0.301 e. The van der Waals surface area contributed by atoms with E-state index < -0.39 is 23.1 Å². The number of para-hydroxylation sites is 2. The van der Waals surface area contributed by atoms with Crippen molar-refractivity contribution in [1.29, 1.82) is 0 Å². The van der Waals surface area contributed by atoms with Crippen molar-refractivity contribution >= 4 is 80.3 Å². The highest BCUT2D eigenvalue weighted by atomic mass is 35.5. The summed E-state index contributed by atoms with van der Waals surface area (Å²) in [7, 11) is 3.74. The number of aryl methyl sites for hydroxylation is 5. The van der Waals surface area contributed by atoms with Crippen LogP contribution < -0.4 is 0 Å². The highest BCUT2D eigenvalue weighted by Crippen LogP contribution is 2.34. The summed E-state index contributed by atoms with van der Waals surface area (Å²) in [6.45, 7) is 6.02. The molecule has 2 aromatic carbocycles. The van der Waals surface area contributed by atoms with Crippen LogP contribution in [0, 0.1) is 20.8 Å². The zero-order valence-electron chi connectivity index (χ0n) is 37.5. The number of fused-ring (bicyclic) bond motifs is 2. The predicted octanol–water partition coefficient (Wildman–Crippen LogP) is 8.26. The number of hydrogen-bond acceptors (Lipinski definition) is 16. The number of pyridine rings is 2. The summed E-state index contributed by atoms with van der Waals surface area (Å²) in [5.41, 5.74) is 12.5. The molecule has 0 unspecified atom stereocenters. The lowest BCUT2D eigenvalue weighted by Crippen LogP contribution is -1.98. The molecule has 8 aromatic heterocycles. The number of benzene rings is 2. The fraction of sp³-hybridized carbons (Fsp3) is 0.156. The van der Waals surface area contributed by atoms with Gasteiger partial charge in [0, 0.05) is 72.2 Å². The van der Waals surface area contributed by atoms with Gasteiger partial charge in [-0.25, -0.2) is 39.3 Å². The van der Waals surface area contributed by atoms with Gasteiger partial charge < -0.3 is 9.13 Å². The first-order chi connectivity index (χ1) is 33.0. The molecule has 18 nitrogen and oxygen atoms in total. The molecule has 23 heteroatoms. The number of nitrogens with zero attached hydrogens (tertiary/aromatic N) is 14. The van der Waals surface area contributed by atoms with E-state index in [2.05, 4.69) is 100 Å². The summed E-state index contributed by atoms with van der Waals surface area (Å²) >= 11 is 7.25. The second-order valence-electron chi connectivity index (χ2n) is 14.2. The molecule has 0 fully saturated rings. The molecule has 0 spiro atoms. The van der Waals surface area contributed by atoms with E-state index in [1.807, 2.05) is 95.2 Å². The Labute approximate surface area is 410 Å². The Morgan fingerprint density at radius 1 is 0.515 bits per heavy atom. The predicted molar refractivity (Wildman–Crippen MR) is 266 cm³/mol. The van der Waals surface area contributed by atoms with Crippen LogP contribution in [-0.2, 0) is 37.2 Å². The van der Waals surface area contributed by atoms with Crippen LogP contribution in [0.1, 0.15) is 16.7 Å². The summed E-state index contributed by atoms with van der Waals surface area (Å²) in [6, 6.07) is 28.7. The quantitative estimate of drug-likeness (QED) is 0.0834. The van der Waals surface area contributed by atoms with Crippen LogP contribution in [0.15, 0.2) is 132 Å². The highest BCUT2D eigenvalue weighted by molar-refractivity contribution is 7.98. The van der Waals surface area contributed by atoms with Gasteiger partial charge in [-0.2, -0.15) is 16.8 Å². The first kappa shape index (κ1) is 50.3. The van der Waals surface area contributed by atoms with E-state index in [9.17, 15) is 0 Å². The lowest BCUT2D eigenvalue weighted by Gasteiger charge is -2.06. The van der Waals surface area contributed by atoms with Crippen molar-refractivity contribution in [2.24, 2.45) is 14.1 Å². The Morgan fingerprint density at radius 3 is 1.44 bits per heavy atom. The number of hydrogen-bond donors (Lipinski definition) is 0. The molecule has 0 amide bonds. The van der Waals surface area contributed by atoms with Gasteiger partial charge >= 0.3 is 23.1 Å². The Hall–Kier alpha value is -7.11. The summed E-state index contributed by atoms with van der Waals surface area (Å²) in [5, 5.41) is 20.1. The van der Waals surface area contributed by atoms with Crippen LogP contribution in [0.4, 0.5) is 0 Å². The largest absolute Gasteiger partial charge is 0.335 e. The average molecular weight is 1010 g/mol. The topological polar surface area (TPSA) is 217 Å². The summed E-state index contributed by atoms with van der Waals surface area (Å²) < 4.78 is 40.9. The Morgan fingerprint density at radius 2 is 0.971 bits per heavy atom. The molecule has 68 heavy (non-hydrogen) atoms. The minimum Gasteiger partial charge on any atom is -0.301 e. The maximum atomic E-state index is 8.29. The summed E-state index contributed by atoms with van der Waals surface area (Å²) in [6.07, 6.45) is 15.2. The minimum atomic E-state index is -0.750. The van der Waals surface area contributed by atoms with Crippen molar-refractivity contribution in [1.82, 2.24) is 69.0 Å². The van der Waals surface area contributed by atoms with Crippen molar-refractivity contribution in [3.63, 3.8) is 0 Å². The standard InChI is InChI=1S/C22H19N7S.C17H15N5.C6H7ClN2S.2O2S/c1-14-11-23-22(30-3)26-20(14)17-13-29(15-7-5-4-6-8-15)21-16(17)9-10-18(25-21)19-12-24-27-28(19)2;1-12-11-22(13-6-4-3-5-7-13)17-14(12)8-9-15(19-17)16-10-18-20-21(16)2;1-4-3-8-6(10-2)9-5(4)7;2*1-3-2/h4-13H,1-3H3;3-11H,1-2H3;3H,1-2H3;;. The minimum absolute atomic E-state index is 0.541. The number of thioether (sulfide) groups is 2. The maximum Gasteiger partial charge on any atom is 0.335 e. The van der Waals surface area contributed by atoms with Gasteiger partial charge in [0.25, 0.3) is 0 Å². The summed E-state index contributed by atoms with van der Waals surface area (Å²) in [4.78, 5) is 27.0. The van der Waals surface area contributed by atoms with E-state index in [1.165, 1.54) is 29.1 Å². The highest BCUT2D eigenvalue weighted by Gasteiger charge is 2.19. The van der Waals surface area contributed by atoms with Crippen LogP contribution in [0.2, 0.25) is 5.15 Å². The van der Waals surface area contributed by atoms with Crippen molar-refractivity contribution in [2.45, 2.75) is 31.1 Å². The van der Waals surface area contributed by atoms with Crippen molar-refractivity contribution in [3.05, 3.63) is 144 Å². The zero-order chi connectivity index (χ0) is 48.7. The molecule has 8 heterocycles. The second-order valence-corrected chi connectivity index (χ2v) is 16.4. The van der Waals surface area contributed by atoms with Crippen LogP contribution in [0.25, 0.3) is 67.5 Å². The monoisotopic (exact) mass is 1000 g/mol. The molecular weight excluding hydrogens is 964 g/mol. The van der Waals surface area contributed by atoms with E-state index in [-0.39, 0.29) is 0 Å². The van der Waals surface area contributed by atoms with Crippen molar-refractivity contribution in [2.75, 3.05) is 12.5 Å². The second kappa shape index (κ2) is 24.1. The first-order valence-electron chi connectivity index (χ1n) is 20.0. The third-order valence-electron chi connectivity index (χ3n) is 9.98. The molecule has 0 saturated heterocycles. The van der Waals surface area contributed by atoms with E-state index in [0.717, 1.165) is 88.9 Å². The third-order valence-corrected chi connectivity index (χ3v) is 11.5. The van der Waals surface area contributed by atoms with Gasteiger partial charge in [0.05, 0.1) is 29.5 Å². The van der Waals surface area contributed by atoms with Gasteiger partial charge in [-0.15, -0.1) is 10.2 Å². The lowest BCUT2D eigenvalue weighted by molar-refractivity contribution is 0.628. The van der Waals surface area contributed by atoms with Gasteiger partial charge in [0.15, 0.2) is 10.3 Å². The Bertz CT molecular complexity index is 3360. The zero-order valence-corrected chi connectivity index (χ0v) is 41.5. The Kier molecular flexibility index (Phi) is 17.8. The number of rotatable bonds is 7. The average Bonchev–Trinajstić information content (AvgIpc) is 4.16. The fourth-order valence-corrected chi connectivity index (χ4v) is 7.62. The fourth-order valence-electron chi connectivity index (χ4n) is 6.76. The molecule has 0 aliphatic heterocycles. The summed E-state index contributed by atoms with van der Waals surface area (Å²) in [5.74, 6) is 0. The molecule has 10 aromatic rings. The van der Waals surface area contributed by atoms with Gasteiger partial charge in [0.2, 0.25) is 0 Å². The first-order valence-corrected chi connectivity index (χ1v) is 24.2. The van der Waals surface area contributed by atoms with Crippen molar-refractivity contribution in [3.8, 4) is 45.4 Å². The molecule has 0 aliphatic carbocycles. The molecule has 0 bridgehead atoms. The van der Waals surface area contributed by atoms with Crippen LogP contribution in [0.3, 0.4) is 0 Å². The lowest BCUT2D eigenvalue weighted by atomic mass is 10.1. The van der Waals surface area contributed by atoms with E-state index in [0.29, 0.717) is 5.15 Å². The number of aromatic nitrogens is 14. The van der Waals surface area contributed by atoms with Gasteiger partial charge in [-0.1, -0.05) is 81.9 Å². The molecule has 0 radical (unpaired) electrons. The van der Waals surface area contributed by atoms with Crippen LogP contribution in [0.5, 0.6) is 0 Å². The molecular formula is C45H41ClN14O4S4. The SMILES string of the molecule is CSc1ncc(C)c(-c2cn(-c3ccccc3)c3nc(-c4cnnn4C)ccc23)n1.CSc1ncc(C)c(Cl)n1.Cc1cn(-c2ccccc2)c2nc(-c3cnnn3C)ccc12.O=S=O.O=S=O. The van der Waals surface area contributed by atoms with Crippen LogP contribution in [-0.4, -0.2) is 98.4 Å². The van der Waals surface area contributed by atoms with Crippen LogP contribution >= 0.6 is 35.1 Å². The maximum absolute atomic E-state index is 8.29. The van der Waals surface area contributed by atoms with Gasteiger partial charge in [-0.05, 0) is 92.9 Å². The molecule has 0 N–H and O–H groups in total. The normalized spacial score (nSPS) is 10.4. The molecule has 10 rings (SSSR count). The molecule has 0 aliphatic rings. The van der Waals surface area contributed by atoms with E-state index in [1.54, 1.807) is 28.0 Å². The molecule has 346 valence electrons. The van der Waals surface area contributed by atoms with Gasteiger partial charge in [-0.3, -0.25) is 0 Å². The number of halogens is 1. The van der Waals surface area contributed by atoms with Crippen molar-refractivity contribution < 1.29 is 16.8 Å². The Balaban J connectivity index is 0.000000174. The third kappa shape index (κ3) is 11.9. The van der Waals surface area contributed by atoms with Gasteiger partial charge in [0.1, 0.15) is 27.8 Å². The molecule has 0 atom stereocenters. The van der Waals surface area contributed by atoms with E-state index in [4.69, 9.17) is 43.4 Å². The molecule has 0 saturated carbocycles. The van der Waals surface area contributed by atoms with E-state index >= 15 is 0 Å².